The molecular formula is C36H64NO2+. The van der Waals surface area contributed by atoms with Crippen molar-refractivity contribution in [2.45, 2.75) is 154 Å². The molecule has 2 atom stereocenters. The molecule has 0 unspecified atom stereocenters. The van der Waals surface area contributed by atoms with Crippen LogP contribution in [0.2, 0.25) is 0 Å². The Morgan fingerprint density at radius 2 is 1.15 bits per heavy atom. The monoisotopic (exact) mass is 542 g/mol. The molecule has 1 saturated carbocycles. The second-order valence-corrected chi connectivity index (χ2v) is 13.2. The average Bonchev–Trinajstić information content (AvgIpc) is 2.93. The van der Waals surface area contributed by atoms with Crippen molar-refractivity contribution in [1.82, 2.24) is 0 Å². The van der Waals surface area contributed by atoms with Gasteiger partial charge in [-0.3, -0.25) is 0 Å². The summed E-state index contributed by atoms with van der Waals surface area (Å²) in [5.41, 5.74) is 0.675. The van der Waals surface area contributed by atoms with Gasteiger partial charge in [0.25, 0.3) is 0 Å². The van der Waals surface area contributed by atoms with Gasteiger partial charge in [0.05, 0.1) is 32.7 Å². The average molecular weight is 543 g/mol. The number of benzene rings is 1. The van der Waals surface area contributed by atoms with E-state index in [-0.39, 0.29) is 12.1 Å². The van der Waals surface area contributed by atoms with Crippen molar-refractivity contribution in [2.75, 3.05) is 27.2 Å². The maximum atomic E-state index is 12.7. The fourth-order valence-electron chi connectivity index (χ4n) is 6.49. The molecule has 3 heteroatoms. The molecule has 1 aromatic rings. The first-order valence-corrected chi connectivity index (χ1v) is 17.1. The van der Waals surface area contributed by atoms with Crippen LogP contribution in [0.1, 0.15) is 159 Å². The van der Waals surface area contributed by atoms with Crippen LogP contribution in [0.3, 0.4) is 0 Å². The number of hydrogen-bond donors (Lipinski definition) is 0. The van der Waals surface area contributed by atoms with E-state index in [9.17, 15) is 4.79 Å². The summed E-state index contributed by atoms with van der Waals surface area (Å²) < 4.78 is 7.07. The van der Waals surface area contributed by atoms with Gasteiger partial charge in [0, 0.05) is 5.92 Å². The zero-order valence-corrected chi connectivity index (χ0v) is 26.3. The number of carbonyl (C=O) groups is 1. The van der Waals surface area contributed by atoms with Gasteiger partial charge in [-0.25, -0.2) is 4.79 Å². The minimum absolute atomic E-state index is 0.0733. The highest BCUT2D eigenvalue weighted by Gasteiger charge is 2.33. The minimum atomic E-state index is -0.152. The third-order valence-corrected chi connectivity index (χ3v) is 8.95. The number of nitrogens with zero attached hydrogens (tertiary/aromatic N) is 1. The van der Waals surface area contributed by atoms with Crippen LogP contribution in [0.5, 0.6) is 0 Å². The van der Waals surface area contributed by atoms with Crippen molar-refractivity contribution in [3.8, 4) is 0 Å². The zero-order valence-electron chi connectivity index (χ0n) is 26.3. The number of unbranched alkanes of at least 4 members (excludes halogenated alkanes) is 17. The van der Waals surface area contributed by atoms with Crippen LogP contribution >= 0.6 is 0 Å². The van der Waals surface area contributed by atoms with E-state index >= 15 is 0 Å². The second-order valence-electron chi connectivity index (χ2n) is 13.2. The molecule has 3 nitrogen and oxygen atoms in total. The molecule has 0 radical (unpaired) electrons. The Morgan fingerprint density at radius 1 is 0.692 bits per heavy atom. The Labute approximate surface area is 243 Å². The highest BCUT2D eigenvalue weighted by molar-refractivity contribution is 5.89. The maximum absolute atomic E-state index is 12.7. The van der Waals surface area contributed by atoms with Crippen LogP contribution < -0.4 is 0 Å². The van der Waals surface area contributed by atoms with Gasteiger partial charge in [0.15, 0.2) is 0 Å². The molecular weight excluding hydrogens is 478 g/mol. The lowest BCUT2D eigenvalue weighted by Gasteiger charge is -2.38. The molecule has 0 amide bonds. The standard InChI is InChI=1S/C36H64NO2/c1-4-5-6-7-8-9-10-11-12-13-14-15-16-17-18-19-20-26-31-37(2,3)32-34-29-24-25-30-35(34)39-36(38)33-27-22-21-23-28-33/h21-23,27-28,34-35H,4-20,24-26,29-32H2,1-3H3/q+1/t34-,35-/m1/s1. The lowest BCUT2D eigenvalue weighted by molar-refractivity contribution is -0.894. The molecule has 1 aliphatic carbocycles. The highest BCUT2D eigenvalue weighted by Crippen LogP contribution is 2.30. The molecule has 224 valence electrons. The number of quaternary nitrogens is 1. The van der Waals surface area contributed by atoms with E-state index < -0.39 is 0 Å². The molecule has 1 fully saturated rings. The molecule has 0 bridgehead atoms. The Balaban J connectivity index is 1.45. The molecule has 1 aliphatic rings. The van der Waals surface area contributed by atoms with Crippen LogP contribution in [0.15, 0.2) is 30.3 Å². The Bertz CT molecular complexity index is 716. The molecule has 0 N–H and O–H groups in total. The highest BCUT2D eigenvalue weighted by atomic mass is 16.5. The molecule has 0 aromatic heterocycles. The summed E-state index contributed by atoms with van der Waals surface area (Å²) >= 11 is 0. The SMILES string of the molecule is CCCCCCCCCCCCCCCCCCCC[N+](C)(C)C[C@H]1CCCC[C@H]1OC(=O)c1ccccc1. The van der Waals surface area contributed by atoms with E-state index in [1.807, 2.05) is 30.3 Å². The predicted molar refractivity (Wildman–Crippen MR) is 168 cm³/mol. The van der Waals surface area contributed by atoms with Crippen molar-refractivity contribution in [2.24, 2.45) is 5.92 Å². The largest absolute Gasteiger partial charge is 0.458 e. The van der Waals surface area contributed by atoms with Crippen molar-refractivity contribution in [3.63, 3.8) is 0 Å². The van der Waals surface area contributed by atoms with E-state index in [0.717, 1.165) is 17.4 Å². The van der Waals surface area contributed by atoms with Gasteiger partial charge in [-0.05, 0) is 44.2 Å². The normalized spacial score (nSPS) is 17.8. The van der Waals surface area contributed by atoms with Crippen molar-refractivity contribution < 1.29 is 14.0 Å². The topological polar surface area (TPSA) is 26.3 Å². The van der Waals surface area contributed by atoms with Crippen LogP contribution in [-0.4, -0.2) is 43.7 Å². The van der Waals surface area contributed by atoms with Crippen LogP contribution in [0.4, 0.5) is 0 Å². The summed E-state index contributed by atoms with van der Waals surface area (Å²) in [7, 11) is 4.75. The summed E-state index contributed by atoms with van der Waals surface area (Å²) in [5, 5.41) is 0. The van der Waals surface area contributed by atoms with Crippen molar-refractivity contribution >= 4 is 5.97 Å². The van der Waals surface area contributed by atoms with Crippen LogP contribution in [0, 0.1) is 5.92 Å². The van der Waals surface area contributed by atoms with E-state index in [2.05, 4.69) is 21.0 Å². The molecule has 2 rings (SSSR count). The van der Waals surface area contributed by atoms with E-state index in [1.54, 1.807) is 0 Å². The van der Waals surface area contributed by atoms with Gasteiger partial charge < -0.3 is 9.22 Å². The number of hydrogen-bond acceptors (Lipinski definition) is 2. The number of rotatable bonds is 23. The summed E-state index contributed by atoms with van der Waals surface area (Å²) in [6.45, 7) is 4.65. The Kier molecular flexibility index (Phi) is 18.6. The molecule has 39 heavy (non-hydrogen) atoms. The van der Waals surface area contributed by atoms with Gasteiger partial charge in [0.2, 0.25) is 0 Å². The minimum Gasteiger partial charge on any atom is -0.458 e. The summed E-state index contributed by atoms with van der Waals surface area (Å²) in [6, 6.07) is 9.49. The fraction of sp³-hybridized carbons (Fsp3) is 0.806. The molecule has 0 spiro atoms. The van der Waals surface area contributed by atoms with Crippen LogP contribution in [0.25, 0.3) is 0 Å². The summed E-state index contributed by atoms with van der Waals surface area (Å²) in [6.07, 6.45) is 30.4. The van der Waals surface area contributed by atoms with Crippen molar-refractivity contribution in [1.29, 1.82) is 0 Å². The van der Waals surface area contributed by atoms with Gasteiger partial charge >= 0.3 is 5.97 Å². The quantitative estimate of drug-likeness (QED) is 0.0781. The zero-order chi connectivity index (χ0) is 28.0. The first-order valence-electron chi connectivity index (χ1n) is 17.1. The number of esters is 1. The smallest absolute Gasteiger partial charge is 0.338 e. The van der Waals surface area contributed by atoms with E-state index in [1.165, 1.54) is 141 Å². The van der Waals surface area contributed by atoms with E-state index in [4.69, 9.17) is 4.74 Å². The summed E-state index contributed by atoms with van der Waals surface area (Å²) in [5.74, 6) is 0.332. The van der Waals surface area contributed by atoms with Crippen molar-refractivity contribution in [3.05, 3.63) is 35.9 Å². The fourth-order valence-corrected chi connectivity index (χ4v) is 6.49. The second kappa shape index (κ2) is 21.4. The number of ether oxygens (including phenoxy) is 1. The maximum Gasteiger partial charge on any atom is 0.338 e. The van der Waals surface area contributed by atoms with E-state index in [0.29, 0.717) is 11.5 Å². The third-order valence-electron chi connectivity index (χ3n) is 8.95. The van der Waals surface area contributed by atoms with Gasteiger partial charge in [-0.1, -0.05) is 134 Å². The Morgan fingerprint density at radius 3 is 1.67 bits per heavy atom. The lowest BCUT2D eigenvalue weighted by atomic mass is 9.85. The molecule has 1 aromatic carbocycles. The third kappa shape index (κ3) is 16.5. The first-order chi connectivity index (χ1) is 19.0. The molecule has 0 aliphatic heterocycles. The predicted octanol–water partition coefficient (Wildman–Crippen LogP) is 10.5. The first kappa shape index (κ1) is 33.9. The Hall–Kier alpha value is -1.35. The molecule has 0 heterocycles. The number of carbonyl (C=O) groups excluding carboxylic acids is 1. The van der Waals surface area contributed by atoms with Crippen LogP contribution in [-0.2, 0) is 4.74 Å². The van der Waals surface area contributed by atoms with Gasteiger partial charge in [-0.2, -0.15) is 0 Å². The molecule has 0 saturated heterocycles. The summed E-state index contributed by atoms with van der Waals surface area (Å²) in [4.78, 5) is 12.7. The van der Waals surface area contributed by atoms with Gasteiger partial charge in [-0.15, -0.1) is 0 Å². The lowest BCUT2D eigenvalue weighted by Crippen LogP contribution is -2.48. The van der Waals surface area contributed by atoms with Gasteiger partial charge in [0.1, 0.15) is 6.10 Å².